The molecule has 0 radical (unpaired) electrons. The maximum absolute atomic E-state index is 12.7. The van der Waals surface area contributed by atoms with Crippen LogP contribution in [0.1, 0.15) is 12.0 Å². The van der Waals surface area contributed by atoms with Gasteiger partial charge < -0.3 is 14.8 Å². The first-order valence-electron chi connectivity index (χ1n) is 8.40. The van der Waals surface area contributed by atoms with Gasteiger partial charge in [-0.15, -0.1) is 11.8 Å². The standard InChI is InChI=1S/C20H20N2O3S/c1-24-16-8-7-14-11-15(13-25-18(14)12-16)20(23)22-17-5-2-3-6-19(17)26-10-4-9-21/h2-3,5-8,12,15H,4,10-11,13H2,1H3,(H,22,23). The molecule has 1 heterocycles. The summed E-state index contributed by atoms with van der Waals surface area (Å²) in [6.45, 7) is 0.343. The Bertz CT molecular complexity index is 832. The van der Waals surface area contributed by atoms with Gasteiger partial charge >= 0.3 is 0 Å². The Labute approximate surface area is 157 Å². The molecular formula is C20H20N2O3S. The van der Waals surface area contributed by atoms with Crippen LogP contribution >= 0.6 is 11.8 Å². The highest BCUT2D eigenvalue weighted by molar-refractivity contribution is 7.99. The number of nitriles is 1. The number of carbonyl (C=O) groups is 1. The van der Waals surface area contributed by atoms with Gasteiger partial charge in [0.1, 0.15) is 18.1 Å². The van der Waals surface area contributed by atoms with Gasteiger partial charge in [0.2, 0.25) is 5.91 Å². The first kappa shape index (κ1) is 18.2. The van der Waals surface area contributed by atoms with E-state index >= 15 is 0 Å². The van der Waals surface area contributed by atoms with E-state index in [1.54, 1.807) is 18.9 Å². The third-order valence-corrected chi connectivity index (χ3v) is 5.24. The number of rotatable bonds is 6. The third-order valence-electron chi connectivity index (χ3n) is 4.17. The summed E-state index contributed by atoms with van der Waals surface area (Å²) < 4.78 is 11.0. The van der Waals surface area contributed by atoms with Crippen LogP contribution in [-0.2, 0) is 11.2 Å². The molecule has 1 aliphatic rings. The lowest BCUT2D eigenvalue weighted by atomic mass is 9.96. The van der Waals surface area contributed by atoms with Gasteiger partial charge in [0.05, 0.1) is 24.8 Å². The first-order chi connectivity index (χ1) is 12.7. The van der Waals surface area contributed by atoms with E-state index in [0.717, 1.165) is 27.6 Å². The summed E-state index contributed by atoms with van der Waals surface area (Å²) in [5, 5.41) is 11.7. The van der Waals surface area contributed by atoms with Crippen LogP contribution in [0.2, 0.25) is 0 Å². The van der Waals surface area contributed by atoms with Crippen molar-refractivity contribution in [2.24, 2.45) is 5.92 Å². The zero-order chi connectivity index (χ0) is 18.4. The van der Waals surface area contributed by atoms with Crippen molar-refractivity contribution in [2.45, 2.75) is 17.7 Å². The average Bonchev–Trinajstić information content (AvgIpc) is 2.68. The minimum atomic E-state index is -0.243. The molecule has 1 amide bonds. The fourth-order valence-corrected chi connectivity index (χ4v) is 3.65. The second kappa shape index (κ2) is 8.63. The summed E-state index contributed by atoms with van der Waals surface area (Å²) in [6, 6.07) is 15.5. The number of carbonyl (C=O) groups excluding carboxylic acids is 1. The Morgan fingerprint density at radius 2 is 2.23 bits per heavy atom. The Hall–Kier alpha value is -2.65. The maximum Gasteiger partial charge on any atom is 0.231 e. The summed E-state index contributed by atoms with van der Waals surface area (Å²) in [6.07, 6.45) is 1.11. The van der Waals surface area contributed by atoms with Gasteiger partial charge in [-0.25, -0.2) is 0 Å². The predicted molar refractivity (Wildman–Crippen MR) is 102 cm³/mol. The molecule has 1 atom stereocenters. The van der Waals surface area contributed by atoms with Crippen molar-refractivity contribution < 1.29 is 14.3 Å². The number of hydrogen-bond donors (Lipinski definition) is 1. The lowest BCUT2D eigenvalue weighted by Crippen LogP contribution is -2.32. The molecule has 3 rings (SSSR count). The topological polar surface area (TPSA) is 71.3 Å². The van der Waals surface area contributed by atoms with Crippen LogP contribution in [0.4, 0.5) is 5.69 Å². The van der Waals surface area contributed by atoms with Gasteiger partial charge in [-0.2, -0.15) is 5.26 Å². The van der Waals surface area contributed by atoms with Crippen molar-refractivity contribution in [1.82, 2.24) is 0 Å². The molecule has 2 aromatic rings. The molecule has 26 heavy (non-hydrogen) atoms. The smallest absolute Gasteiger partial charge is 0.231 e. The van der Waals surface area contributed by atoms with Crippen molar-refractivity contribution in [2.75, 3.05) is 24.8 Å². The number of anilines is 1. The Kier molecular flexibility index (Phi) is 6.03. The van der Waals surface area contributed by atoms with Gasteiger partial charge in [-0.3, -0.25) is 4.79 Å². The van der Waals surface area contributed by atoms with E-state index in [-0.39, 0.29) is 11.8 Å². The Morgan fingerprint density at radius 1 is 1.38 bits per heavy atom. The lowest BCUT2D eigenvalue weighted by molar-refractivity contribution is -0.121. The van der Waals surface area contributed by atoms with Crippen LogP contribution in [0.3, 0.4) is 0 Å². The van der Waals surface area contributed by atoms with Crippen LogP contribution in [0.25, 0.3) is 0 Å². The molecule has 2 aromatic carbocycles. The van der Waals surface area contributed by atoms with E-state index in [9.17, 15) is 4.79 Å². The summed E-state index contributed by atoms with van der Waals surface area (Å²) in [5.41, 5.74) is 1.79. The quantitative estimate of drug-likeness (QED) is 0.619. The molecule has 0 aromatic heterocycles. The summed E-state index contributed by atoms with van der Waals surface area (Å²) >= 11 is 1.57. The zero-order valence-electron chi connectivity index (χ0n) is 14.5. The number of benzene rings is 2. The van der Waals surface area contributed by atoms with E-state index in [0.29, 0.717) is 25.2 Å². The predicted octanol–water partition coefficient (Wildman–Crippen LogP) is 3.89. The highest BCUT2D eigenvalue weighted by Crippen LogP contribution is 2.32. The number of methoxy groups -OCH3 is 1. The fourth-order valence-electron chi connectivity index (χ4n) is 2.79. The van der Waals surface area contributed by atoms with E-state index in [1.807, 2.05) is 42.5 Å². The number of hydrogen-bond acceptors (Lipinski definition) is 5. The number of thioether (sulfide) groups is 1. The van der Waals surface area contributed by atoms with Gasteiger partial charge in [0.25, 0.3) is 0 Å². The van der Waals surface area contributed by atoms with Crippen molar-refractivity contribution >= 4 is 23.4 Å². The number of nitrogens with one attached hydrogen (secondary N) is 1. The van der Waals surface area contributed by atoms with E-state index < -0.39 is 0 Å². The molecule has 0 aliphatic carbocycles. The molecule has 0 spiro atoms. The highest BCUT2D eigenvalue weighted by Gasteiger charge is 2.26. The van der Waals surface area contributed by atoms with Gasteiger partial charge in [-0.05, 0) is 30.2 Å². The summed E-state index contributed by atoms with van der Waals surface area (Å²) in [5.74, 6) is 1.93. The minimum Gasteiger partial charge on any atom is -0.497 e. The molecule has 0 saturated heterocycles. The molecule has 0 bridgehead atoms. The molecule has 1 N–H and O–H groups in total. The summed E-state index contributed by atoms with van der Waals surface area (Å²) in [4.78, 5) is 13.7. The number of ether oxygens (including phenoxy) is 2. The average molecular weight is 368 g/mol. The molecule has 0 fully saturated rings. The highest BCUT2D eigenvalue weighted by atomic mass is 32.2. The van der Waals surface area contributed by atoms with Crippen molar-refractivity contribution in [3.8, 4) is 17.6 Å². The molecule has 5 nitrogen and oxygen atoms in total. The van der Waals surface area contributed by atoms with Crippen LogP contribution in [-0.4, -0.2) is 25.4 Å². The fraction of sp³-hybridized carbons (Fsp3) is 0.300. The minimum absolute atomic E-state index is 0.0557. The lowest BCUT2D eigenvalue weighted by Gasteiger charge is -2.25. The molecule has 0 saturated carbocycles. The van der Waals surface area contributed by atoms with Crippen LogP contribution in [0.15, 0.2) is 47.4 Å². The summed E-state index contributed by atoms with van der Waals surface area (Å²) in [7, 11) is 1.62. The van der Waals surface area contributed by atoms with Gasteiger partial charge in [0.15, 0.2) is 0 Å². The third kappa shape index (κ3) is 4.30. The Morgan fingerprint density at radius 3 is 3.04 bits per heavy atom. The van der Waals surface area contributed by atoms with Gasteiger partial charge in [-0.1, -0.05) is 18.2 Å². The normalized spacial score (nSPS) is 15.3. The molecule has 1 aliphatic heterocycles. The monoisotopic (exact) mass is 368 g/mol. The second-order valence-corrected chi connectivity index (χ2v) is 7.06. The van der Waals surface area contributed by atoms with E-state index in [1.165, 1.54) is 0 Å². The molecular weight excluding hydrogens is 348 g/mol. The van der Waals surface area contributed by atoms with Crippen LogP contribution < -0.4 is 14.8 Å². The molecule has 134 valence electrons. The van der Waals surface area contributed by atoms with Crippen LogP contribution in [0.5, 0.6) is 11.5 Å². The number of fused-ring (bicyclic) bond motifs is 1. The number of para-hydroxylation sites is 1. The van der Waals surface area contributed by atoms with Crippen molar-refractivity contribution in [3.63, 3.8) is 0 Å². The second-order valence-electron chi connectivity index (χ2n) is 5.93. The SMILES string of the molecule is COc1ccc2c(c1)OCC(C(=O)Nc1ccccc1SCCC#N)C2. The number of amides is 1. The first-order valence-corrected chi connectivity index (χ1v) is 9.39. The Balaban J connectivity index is 1.66. The zero-order valence-corrected chi connectivity index (χ0v) is 15.3. The molecule has 6 heteroatoms. The van der Waals surface area contributed by atoms with Crippen molar-refractivity contribution in [1.29, 1.82) is 5.26 Å². The van der Waals surface area contributed by atoms with E-state index in [4.69, 9.17) is 14.7 Å². The number of nitrogens with zero attached hydrogens (tertiary/aromatic N) is 1. The van der Waals surface area contributed by atoms with Crippen LogP contribution in [0, 0.1) is 17.2 Å². The maximum atomic E-state index is 12.7. The van der Waals surface area contributed by atoms with Gasteiger partial charge in [0, 0.05) is 23.1 Å². The molecule has 1 unspecified atom stereocenters. The van der Waals surface area contributed by atoms with E-state index in [2.05, 4.69) is 11.4 Å². The van der Waals surface area contributed by atoms with Crippen molar-refractivity contribution in [3.05, 3.63) is 48.0 Å². The largest absolute Gasteiger partial charge is 0.497 e.